The molecule has 38 heavy (non-hydrogen) atoms. The quantitative estimate of drug-likeness (QED) is 0.319. The Morgan fingerprint density at radius 3 is 2.53 bits per heavy atom. The van der Waals surface area contributed by atoms with E-state index in [0.717, 1.165) is 36.1 Å². The minimum atomic E-state index is -2.58. The number of likely N-dealkylation sites (N-methyl/N-ethyl adjacent to an activating group) is 2. The summed E-state index contributed by atoms with van der Waals surface area (Å²) in [5.41, 5.74) is -0.596. The van der Waals surface area contributed by atoms with E-state index in [4.69, 9.17) is 0 Å². The fraction of sp³-hybridized carbons (Fsp3) is 0.536. The minimum Gasteiger partial charge on any atom is -0.510 e. The highest BCUT2D eigenvalue weighted by Gasteiger charge is 2.63. The summed E-state index contributed by atoms with van der Waals surface area (Å²) >= 11 is 0. The van der Waals surface area contributed by atoms with Crippen molar-refractivity contribution >= 4 is 17.5 Å². The van der Waals surface area contributed by atoms with Crippen LogP contribution in [0.25, 0.3) is 0 Å². The highest BCUT2D eigenvalue weighted by molar-refractivity contribution is 6.25. The molecule has 1 aromatic carbocycles. The molecule has 0 aromatic heterocycles. The summed E-state index contributed by atoms with van der Waals surface area (Å²) in [5, 5.41) is 51.1. The minimum absolute atomic E-state index is 0.0809. The predicted molar refractivity (Wildman–Crippen MR) is 138 cm³/mol. The summed E-state index contributed by atoms with van der Waals surface area (Å²) in [5.74, 6) is -5.73. The third-order valence-corrected chi connectivity index (χ3v) is 8.87. The standard InChI is InChI=1S/C28H35N3O7/c1-5-13-14(17-7-6-8-30-17)11-18(32)20-15(13)9-12-10-16-22(31(3)4)24(34)21(27(37)29-2)26(36)28(16,38)25(35)19(12)23(20)33/h11-12,16-17,22,30,32,34-35,38H,5-10H2,1-4H3,(H,29,37)/t12-,16-,17?,22-,28-/m0/s1. The number of carbonyl (C=O) groups excluding carboxylic acids is 3. The molecular weight excluding hydrogens is 490 g/mol. The van der Waals surface area contributed by atoms with Crippen molar-refractivity contribution < 1.29 is 34.8 Å². The van der Waals surface area contributed by atoms with Crippen molar-refractivity contribution in [3.8, 4) is 5.75 Å². The van der Waals surface area contributed by atoms with E-state index in [2.05, 4.69) is 10.6 Å². The van der Waals surface area contributed by atoms with Gasteiger partial charge in [-0.05, 0) is 81.4 Å². The first-order valence-electron chi connectivity index (χ1n) is 13.2. The Labute approximate surface area is 221 Å². The van der Waals surface area contributed by atoms with Crippen LogP contribution in [0.5, 0.6) is 5.75 Å². The molecule has 5 rings (SSSR count). The number of aliphatic hydroxyl groups excluding tert-OH is 2. The number of phenolic OH excluding ortho intramolecular Hbond substituents is 1. The van der Waals surface area contributed by atoms with Gasteiger partial charge in [0.1, 0.15) is 22.8 Å². The van der Waals surface area contributed by atoms with Gasteiger partial charge in [0.05, 0.1) is 11.6 Å². The Bertz CT molecular complexity index is 1310. The van der Waals surface area contributed by atoms with E-state index in [0.29, 0.717) is 12.8 Å². The van der Waals surface area contributed by atoms with Crippen LogP contribution < -0.4 is 10.6 Å². The summed E-state index contributed by atoms with van der Waals surface area (Å²) in [6, 6.07) is 0.741. The molecule has 0 radical (unpaired) electrons. The highest BCUT2D eigenvalue weighted by Crippen LogP contribution is 2.53. The van der Waals surface area contributed by atoms with Gasteiger partial charge in [0.25, 0.3) is 5.91 Å². The molecule has 1 saturated heterocycles. The monoisotopic (exact) mass is 525 g/mol. The summed E-state index contributed by atoms with van der Waals surface area (Å²) < 4.78 is 0. The van der Waals surface area contributed by atoms with Crippen molar-refractivity contribution in [2.24, 2.45) is 11.8 Å². The van der Waals surface area contributed by atoms with Crippen molar-refractivity contribution in [2.45, 2.75) is 56.7 Å². The van der Waals surface area contributed by atoms with Crippen molar-refractivity contribution in [1.82, 2.24) is 15.5 Å². The van der Waals surface area contributed by atoms with Gasteiger partial charge in [-0.15, -0.1) is 0 Å². The molecular formula is C28H35N3O7. The normalized spacial score (nSPS) is 30.9. The van der Waals surface area contributed by atoms with E-state index in [9.17, 15) is 34.8 Å². The topological polar surface area (TPSA) is 159 Å². The number of rotatable bonds is 4. The Hall–Kier alpha value is -3.21. The second kappa shape index (κ2) is 9.21. The smallest absolute Gasteiger partial charge is 0.258 e. The Morgan fingerprint density at radius 1 is 1.24 bits per heavy atom. The number of nitrogens with zero attached hydrogens (tertiary/aromatic N) is 1. The van der Waals surface area contributed by atoms with Gasteiger partial charge in [-0.3, -0.25) is 19.3 Å². The average molecular weight is 526 g/mol. The van der Waals surface area contributed by atoms with Crippen LogP contribution in [0.15, 0.2) is 28.7 Å². The molecule has 1 fully saturated rings. The summed E-state index contributed by atoms with van der Waals surface area (Å²) in [6.07, 6.45) is 3.02. The molecule has 10 nitrogen and oxygen atoms in total. The number of benzene rings is 1. The summed E-state index contributed by atoms with van der Waals surface area (Å²) in [7, 11) is 4.57. The third-order valence-electron chi connectivity index (χ3n) is 8.87. The maximum atomic E-state index is 13.9. The molecule has 1 amide bonds. The average Bonchev–Trinajstić information content (AvgIpc) is 3.40. The molecule has 3 aliphatic carbocycles. The van der Waals surface area contributed by atoms with Crippen LogP contribution in [0.1, 0.15) is 59.3 Å². The largest absolute Gasteiger partial charge is 0.510 e. The number of aromatic hydroxyl groups is 1. The fourth-order valence-corrected chi connectivity index (χ4v) is 7.20. The van der Waals surface area contributed by atoms with E-state index in [1.165, 1.54) is 7.05 Å². The van der Waals surface area contributed by atoms with E-state index >= 15 is 0 Å². The van der Waals surface area contributed by atoms with E-state index < -0.39 is 58.0 Å². The Kier molecular flexibility index (Phi) is 6.40. The van der Waals surface area contributed by atoms with Gasteiger partial charge in [0.15, 0.2) is 11.4 Å². The number of carbonyl (C=O) groups is 3. The molecule has 1 aliphatic heterocycles. The number of phenols is 1. The van der Waals surface area contributed by atoms with Crippen LogP contribution in [0.3, 0.4) is 0 Å². The van der Waals surface area contributed by atoms with Crippen LogP contribution in [-0.2, 0) is 22.4 Å². The number of fused-ring (bicyclic) bond motifs is 3. The predicted octanol–water partition coefficient (Wildman–Crippen LogP) is 1.37. The van der Waals surface area contributed by atoms with Gasteiger partial charge in [-0.25, -0.2) is 0 Å². The molecule has 10 heteroatoms. The molecule has 0 spiro atoms. The Morgan fingerprint density at radius 2 is 1.95 bits per heavy atom. The molecule has 204 valence electrons. The molecule has 1 heterocycles. The van der Waals surface area contributed by atoms with Gasteiger partial charge in [-0.1, -0.05) is 6.92 Å². The van der Waals surface area contributed by atoms with E-state index in [1.54, 1.807) is 25.1 Å². The number of allylic oxidation sites excluding steroid dienone is 1. The zero-order valence-corrected chi connectivity index (χ0v) is 22.1. The second-order valence-corrected chi connectivity index (χ2v) is 11.0. The number of amides is 1. The van der Waals surface area contributed by atoms with Crippen molar-refractivity contribution in [2.75, 3.05) is 27.7 Å². The third kappa shape index (κ3) is 3.47. The molecule has 6 N–H and O–H groups in total. The molecule has 0 saturated carbocycles. The number of ketones is 2. The highest BCUT2D eigenvalue weighted by atomic mass is 16.3. The van der Waals surface area contributed by atoms with Gasteiger partial charge in [-0.2, -0.15) is 0 Å². The lowest BCUT2D eigenvalue weighted by atomic mass is 9.58. The van der Waals surface area contributed by atoms with Crippen LogP contribution >= 0.6 is 0 Å². The van der Waals surface area contributed by atoms with E-state index in [1.807, 2.05) is 6.92 Å². The maximum Gasteiger partial charge on any atom is 0.258 e. The first-order chi connectivity index (χ1) is 18.0. The number of nitrogens with one attached hydrogen (secondary N) is 2. The number of hydrogen-bond donors (Lipinski definition) is 6. The summed E-state index contributed by atoms with van der Waals surface area (Å²) in [6.45, 7) is 2.88. The van der Waals surface area contributed by atoms with Gasteiger partial charge in [0.2, 0.25) is 5.78 Å². The zero-order chi connectivity index (χ0) is 27.7. The molecule has 0 bridgehead atoms. The molecule has 4 aliphatic rings. The molecule has 1 unspecified atom stereocenters. The zero-order valence-electron chi connectivity index (χ0n) is 22.1. The fourth-order valence-electron chi connectivity index (χ4n) is 7.20. The number of aliphatic hydroxyl groups is 3. The molecule has 5 atom stereocenters. The number of hydrogen-bond acceptors (Lipinski definition) is 9. The van der Waals surface area contributed by atoms with Crippen molar-refractivity contribution in [3.05, 3.63) is 51.0 Å². The SMILES string of the molecule is CCc1c(C2CCCN2)cc(O)c2c1C[C@H]1C[C@H]3[C@H](N(C)C)C(O)=C(C(=O)NC)C(=O)[C@@]3(O)C(O)=C1C2=O. The van der Waals surface area contributed by atoms with Crippen molar-refractivity contribution in [3.63, 3.8) is 0 Å². The first-order valence-corrected chi connectivity index (χ1v) is 13.2. The summed E-state index contributed by atoms with van der Waals surface area (Å²) in [4.78, 5) is 41.6. The first kappa shape index (κ1) is 26.4. The maximum absolute atomic E-state index is 13.9. The second-order valence-electron chi connectivity index (χ2n) is 11.0. The lowest BCUT2D eigenvalue weighted by Gasteiger charge is -2.50. The number of Topliss-reactive ketones (excluding diaryl/α,β-unsaturated/α-hetero) is 2. The lowest BCUT2D eigenvalue weighted by molar-refractivity contribution is -0.148. The lowest BCUT2D eigenvalue weighted by Crippen LogP contribution is -2.64. The van der Waals surface area contributed by atoms with E-state index in [-0.39, 0.29) is 29.3 Å². The van der Waals surface area contributed by atoms with Gasteiger partial charge in [0, 0.05) is 24.6 Å². The van der Waals surface area contributed by atoms with Crippen LogP contribution in [-0.4, -0.2) is 82.1 Å². The van der Waals surface area contributed by atoms with Crippen LogP contribution in [0.4, 0.5) is 0 Å². The van der Waals surface area contributed by atoms with Gasteiger partial charge < -0.3 is 31.1 Å². The van der Waals surface area contributed by atoms with Crippen LogP contribution in [0.2, 0.25) is 0 Å². The van der Waals surface area contributed by atoms with Crippen LogP contribution in [0, 0.1) is 11.8 Å². The van der Waals surface area contributed by atoms with Gasteiger partial charge >= 0.3 is 0 Å². The van der Waals surface area contributed by atoms with Crippen molar-refractivity contribution in [1.29, 1.82) is 0 Å². The molecule has 1 aromatic rings. The Balaban J connectivity index is 1.70.